The van der Waals surface area contributed by atoms with Crippen molar-refractivity contribution >= 4 is 6.29 Å². The molecule has 0 amide bonds. The SMILES string of the molecule is COc1ccnc(-c2ncc(C=O)[nH]2)n1. The van der Waals surface area contributed by atoms with Crippen LogP contribution in [0.25, 0.3) is 11.6 Å². The second-order valence-corrected chi connectivity index (χ2v) is 2.73. The number of H-pyrrole nitrogens is 1. The van der Waals surface area contributed by atoms with Gasteiger partial charge in [0.05, 0.1) is 19.0 Å². The zero-order valence-corrected chi connectivity index (χ0v) is 7.97. The van der Waals surface area contributed by atoms with Crippen LogP contribution in [-0.2, 0) is 0 Å². The lowest BCUT2D eigenvalue weighted by molar-refractivity contribution is 0.111. The summed E-state index contributed by atoms with van der Waals surface area (Å²) in [5.74, 6) is 1.28. The van der Waals surface area contributed by atoms with Gasteiger partial charge in [0.1, 0.15) is 0 Å². The van der Waals surface area contributed by atoms with E-state index in [1.807, 2.05) is 0 Å². The molecule has 0 spiro atoms. The molecular weight excluding hydrogens is 196 g/mol. The van der Waals surface area contributed by atoms with Gasteiger partial charge in [-0.3, -0.25) is 4.79 Å². The van der Waals surface area contributed by atoms with Gasteiger partial charge in [-0.1, -0.05) is 0 Å². The fourth-order valence-corrected chi connectivity index (χ4v) is 1.08. The predicted octanol–water partition coefficient (Wildman–Crippen LogP) is 0.688. The molecule has 6 nitrogen and oxygen atoms in total. The number of carbonyl (C=O) groups is 1. The highest BCUT2D eigenvalue weighted by Crippen LogP contribution is 2.12. The monoisotopic (exact) mass is 204 g/mol. The fourth-order valence-electron chi connectivity index (χ4n) is 1.08. The van der Waals surface area contributed by atoms with Gasteiger partial charge in [0.2, 0.25) is 5.88 Å². The summed E-state index contributed by atoms with van der Waals surface area (Å²) in [4.78, 5) is 25.2. The molecule has 0 aliphatic rings. The number of carbonyl (C=O) groups excluding carboxylic acids is 1. The molecule has 0 aromatic carbocycles. The molecule has 2 heterocycles. The number of nitrogens with one attached hydrogen (secondary N) is 1. The Bertz CT molecular complexity index is 480. The minimum atomic E-state index is 0.386. The van der Waals surface area contributed by atoms with Crippen molar-refractivity contribution in [2.75, 3.05) is 7.11 Å². The van der Waals surface area contributed by atoms with Gasteiger partial charge in [-0.05, 0) is 0 Å². The second-order valence-electron chi connectivity index (χ2n) is 2.73. The summed E-state index contributed by atoms with van der Waals surface area (Å²) in [6.45, 7) is 0. The Morgan fingerprint density at radius 1 is 1.47 bits per heavy atom. The number of hydrogen-bond acceptors (Lipinski definition) is 5. The van der Waals surface area contributed by atoms with Crippen LogP contribution in [0.5, 0.6) is 5.88 Å². The Labute approximate surface area is 85.4 Å². The lowest BCUT2D eigenvalue weighted by Crippen LogP contribution is -1.94. The molecule has 2 aromatic rings. The third-order valence-corrected chi connectivity index (χ3v) is 1.77. The fraction of sp³-hybridized carbons (Fsp3) is 0.111. The van der Waals surface area contributed by atoms with E-state index in [0.29, 0.717) is 29.5 Å². The smallest absolute Gasteiger partial charge is 0.216 e. The number of aromatic amines is 1. The molecule has 6 heteroatoms. The van der Waals surface area contributed by atoms with Crippen LogP contribution in [0.15, 0.2) is 18.5 Å². The predicted molar refractivity (Wildman–Crippen MR) is 51.6 cm³/mol. The summed E-state index contributed by atoms with van der Waals surface area (Å²) in [6, 6.07) is 1.63. The molecule has 15 heavy (non-hydrogen) atoms. The molecule has 0 saturated carbocycles. The average Bonchev–Trinajstić information content (AvgIpc) is 2.78. The molecule has 2 rings (SSSR count). The lowest BCUT2D eigenvalue weighted by atomic mass is 10.5. The highest BCUT2D eigenvalue weighted by Gasteiger charge is 2.06. The van der Waals surface area contributed by atoms with Crippen LogP contribution in [0, 0.1) is 0 Å². The van der Waals surface area contributed by atoms with E-state index in [0.717, 1.165) is 0 Å². The number of rotatable bonds is 3. The van der Waals surface area contributed by atoms with Gasteiger partial charge in [-0.2, -0.15) is 4.98 Å². The van der Waals surface area contributed by atoms with E-state index in [2.05, 4.69) is 19.9 Å². The van der Waals surface area contributed by atoms with E-state index in [9.17, 15) is 4.79 Å². The topological polar surface area (TPSA) is 80.8 Å². The summed E-state index contributed by atoms with van der Waals surface area (Å²) >= 11 is 0. The Balaban J connectivity index is 2.39. The molecule has 0 fully saturated rings. The van der Waals surface area contributed by atoms with E-state index < -0.39 is 0 Å². The van der Waals surface area contributed by atoms with Crippen molar-refractivity contribution < 1.29 is 9.53 Å². The van der Waals surface area contributed by atoms with Crippen molar-refractivity contribution in [1.82, 2.24) is 19.9 Å². The highest BCUT2D eigenvalue weighted by atomic mass is 16.5. The van der Waals surface area contributed by atoms with E-state index in [-0.39, 0.29) is 0 Å². The minimum Gasteiger partial charge on any atom is -0.481 e. The van der Waals surface area contributed by atoms with E-state index in [1.165, 1.54) is 13.3 Å². The first-order chi connectivity index (χ1) is 7.33. The molecule has 1 N–H and O–H groups in total. The standard InChI is InChI=1S/C9H8N4O2/c1-15-7-2-3-10-8(13-7)9-11-4-6(5-14)12-9/h2-5H,1H3,(H,11,12). The number of nitrogens with zero attached hydrogens (tertiary/aromatic N) is 3. The van der Waals surface area contributed by atoms with Crippen molar-refractivity contribution in [2.45, 2.75) is 0 Å². The molecule has 0 atom stereocenters. The van der Waals surface area contributed by atoms with Crippen LogP contribution in [0.2, 0.25) is 0 Å². The summed E-state index contributed by atoms with van der Waals surface area (Å²) in [6.07, 6.45) is 3.66. The molecule has 0 aliphatic carbocycles. The van der Waals surface area contributed by atoms with Crippen molar-refractivity contribution in [3.63, 3.8) is 0 Å². The molecule has 0 saturated heterocycles. The maximum absolute atomic E-state index is 10.4. The number of ether oxygens (including phenoxy) is 1. The Kier molecular flexibility index (Phi) is 2.40. The summed E-state index contributed by atoms with van der Waals surface area (Å²) in [5.41, 5.74) is 0.386. The normalized spacial score (nSPS) is 9.93. The van der Waals surface area contributed by atoms with Crippen LogP contribution in [-0.4, -0.2) is 33.3 Å². The highest BCUT2D eigenvalue weighted by molar-refractivity contribution is 5.72. The Morgan fingerprint density at radius 3 is 3.00 bits per heavy atom. The molecule has 76 valence electrons. The number of aromatic nitrogens is 4. The maximum atomic E-state index is 10.4. The zero-order chi connectivity index (χ0) is 10.7. The maximum Gasteiger partial charge on any atom is 0.216 e. The second kappa shape index (κ2) is 3.87. The average molecular weight is 204 g/mol. The van der Waals surface area contributed by atoms with Crippen LogP contribution >= 0.6 is 0 Å². The molecule has 0 bridgehead atoms. The number of hydrogen-bond donors (Lipinski definition) is 1. The first-order valence-electron chi connectivity index (χ1n) is 4.21. The Hall–Kier alpha value is -2.24. The first kappa shape index (κ1) is 9.32. The number of methoxy groups -OCH3 is 1. The van der Waals surface area contributed by atoms with Crippen LogP contribution in [0.1, 0.15) is 10.5 Å². The van der Waals surface area contributed by atoms with Gasteiger partial charge in [-0.15, -0.1) is 0 Å². The summed E-state index contributed by atoms with van der Waals surface area (Å²) < 4.78 is 4.95. The zero-order valence-electron chi connectivity index (χ0n) is 7.97. The van der Waals surface area contributed by atoms with Gasteiger partial charge >= 0.3 is 0 Å². The van der Waals surface area contributed by atoms with Crippen LogP contribution in [0.4, 0.5) is 0 Å². The van der Waals surface area contributed by atoms with Gasteiger partial charge in [0.25, 0.3) is 0 Å². The van der Waals surface area contributed by atoms with Gasteiger partial charge in [0.15, 0.2) is 17.9 Å². The largest absolute Gasteiger partial charge is 0.481 e. The number of imidazole rings is 1. The first-order valence-corrected chi connectivity index (χ1v) is 4.21. The molecule has 0 unspecified atom stereocenters. The van der Waals surface area contributed by atoms with Gasteiger partial charge in [-0.25, -0.2) is 9.97 Å². The summed E-state index contributed by atoms with van der Waals surface area (Å²) in [7, 11) is 1.52. The Morgan fingerprint density at radius 2 is 2.33 bits per heavy atom. The molecule has 2 aromatic heterocycles. The quantitative estimate of drug-likeness (QED) is 0.744. The lowest BCUT2D eigenvalue weighted by Gasteiger charge is -1.98. The van der Waals surface area contributed by atoms with Crippen molar-refractivity contribution in [1.29, 1.82) is 0 Å². The van der Waals surface area contributed by atoms with Crippen LogP contribution < -0.4 is 4.74 Å². The van der Waals surface area contributed by atoms with E-state index in [1.54, 1.807) is 12.3 Å². The molecular formula is C9H8N4O2. The molecule has 0 radical (unpaired) electrons. The third kappa shape index (κ3) is 1.83. The molecule has 0 aliphatic heterocycles. The van der Waals surface area contributed by atoms with Crippen molar-refractivity contribution in [2.24, 2.45) is 0 Å². The summed E-state index contributed by atoms with van der Waals surface area (Å²) in [5, 5.41) is 0. The van der Waals surface area contributed by atoms with Gasteiger partial charge in [0, 0.05) is 12.3 Å². The van der Waals surface area contributed by atoms with Gasteiger partial charge < -0.3 is 9.72 Å². The van der Waals surface area contributed by atoms with Crippen molar-refractivity contribution in [3.8, 4) is 17.5 Å². The third-order valence-electron chi connectivity index (χ3n) is 1.77. The van der Waals surface area contributed by atoms with E-state index in [4.69, 9.17) is 4.74 Å². The van der Waals surface area contributed by atoms with E-state index >= 15 is 0 Å². The number of aldehydes is 1. The van der Waals surface area contributed by atoms with Crippen molar-refractivity contribution in [3.05, 3.63) is 24.2 Å². The minimum absolute atomic E-state index is 0.386. The van der Waals surface area contributed by atoms with Crippen LogP contribution in [0.3, 0.4) is 0 Å².